The second kappa shape index (κ2) is 5.78. The summed E-state index contributed by atoms with van der Waals surface area (Å²) in [6.07, 6.45) is 0. The lowest BCUT2D eigenvalue weighted by atomic mass is 10.1. The normalized spacial score (nSPS) is 11.6. The van der Waals surface area contributed by atoms with Gasteiger partial charge in [-0.15, -0.1) is 0 Å². The molecule has 0 bridgehead atoms. The number of anilines is 1. The summed E-state index contributed by atoms with van der Waals surface area (Å²) in [5.74, 6) is -0.269. The number of ether oxygens (including phenoxy) is 1. The minimum Gasteiger partial charge on any atom is -0.465 e. The molecule has 0 atom stereocenters. The Morgan fingerprint density at radius 2 is 1.89 bits per heavy atom. The summed E-state index contributed by atoms with van der Waals surface area (Å²) in [6, 6.07) is 5.77. The third kappa shape index (κ3) is 3.38. The highest BCUT2D eigenvalue weighted by molar-refractivity contribution is 6.65. The number of aryl methyl sites for hydroxylation is 1. The van der Waals surface area contributed by atoms with E-state index in [9.17, 15) is 4.79 Å². The van der Waals surface area contributed by atoms with Crippen LogP contribution in [0, 0.1) is 6.92 Å². The van der Waals surface area contributed by atoms with Crippen LogP contribution in [0.2, 0.25) is 11.6 Å². The number of esters is 1. The van der Waals surface area contributed by atoms with Crippen LogP contribution in [-0.4, -0.2) is 29.1 Å². The van der Waals surface area contributed by atoms with E-state index in [-0.39, 0.29) is 11.0 Å². The number of para-hydroxylation sites is 1. The molecular formula is C15H24NO2Si. The van der Waals surface area contributed by atoms with E-state index < -0.39 is 8.96 Å². The minimum atomic E-state index is -0.795. The van der Waals surface area contributed by atoms with Crippen LogP contribution in [0.1, 0.15) is 36.7 Å². The second-order valence-corrected chi connectivity index (χ2v) is 9.20. The highest BCUT2D eigenvalue weighted by Gasteiger charge is 2.30. The molecule has 0 aliphatic heterocycles. The van der Waals surface area contributed by atoms with Crippen molar-refractivity contribution in [2.24, 2.45) is 0 Å². The molecule has 0 saturated carbocycles. The average Bonchev–Trinajstić information content (AvgIpc) is 2.34. The van der Waals surface area contributed by atoms with Gasteiger partial charge >= 0.3 is 5.97 Å². The SMILES string of the molecule is COC(=O)c1cccc(C)c1N(C)[Si](C)C(C)(C)C. The van der Waals surface area contributed by atoms with Crippen LogP contribution in [0.15, 0.2) is 18.2 Å². The van der Waals surface area contributed by atoms with Crippen molar-refractivity contribution < 1.29 is 9.53 Å². The van der Waals surface area contributed by atoms with E-state index in [1.807, 2.05) is 25.1 Å². The van der Waals surface area contributed by atoms with Gasteiger partial charge < -0.3 is 9.30 Å². The van der Waals surface area contributed by atoms with Crippen LogP contribution in [0.4, 0.5) is 5.69 Å². The first kappa shape index (κ1) is 15.8. The molecule has 0 N–H and O–H groups in total. The molecule has 105 valence electrons. The summed E-state index contributed by atoms with van der Waals surface area (Å²) in [5.41, 5.74) is 2.76. The molecule has 1 rings (SSSR count). The van der Waals surface area contributed by atoms with E-state index in [2.05, 4.69) is 38.9 Å². The average molecular weight is 278 g/mol. The third-order valence-electron chi connectivity index (χ3n) is 3.57. The minimum absolute atomic E-state index is 0.231. The molecule has 0 fully saturated rings. The van der Waals surface area contributed by atoms with Gasteiger partial charge in [0.25, 0.3) is 0 Å². The topological polar surface area (TPSA) is 29.5 Å². The van der Waals surface area contributed by atoms with E-state index in [1.165, 1.54) is 7.11 Å². The summed E-state index contributed by atoms with van der Waals surface area (Å²) < 4.78 is 7.16. The molecule has 1 aromatic carbocycles. The summed E-state index contributed by atoms with van der Waals surface area (Å²) in [6.45, 7) is 11.0. The largest absolute Gasteiger partial charge is 0.465 e. The molecule has 19 heavy (non-hydrogen) atoms. The lowest BCUT2D eigenvalue weighted by Gasteiger charge is -2.36. The number of carbonyl (C=O) groups is 1. The fraction of sp³-hybridized carbons (Fsp3) is 0.533. The number of carbonyl (C=O) groups excluding carboxylic acids is 1. The van der Waals surface area contributed by atoms with Crippen molar-refractivity contribution in [2.45, 2.75) is 39.3 Å². The highest BCUT2D eigenvalue weighted by atomic mass is 28.3. The predicted molar refractivity (Wildman–Crippen MR) is 82.3 cm³/mol. The van der Waals surface area contributed by atoms with Gasteiger partial charge in [0, 0.05) is 5.69 Å². The van der Waals surface area contributed by atoms with Gasteiger partial charge in [0.15, 0.2) is 8.96 Å². The van der Waals surface area contributed by atoms with Gasteiger partial charge in [-0.3, -0.25) is 0 Å². The molecule has 0 aliphatic rings. The molecule has 0 saturated heterocycles. The highest BCUT2D eigenvalue weighted by Crippen LogP contribution is 2.34. The predicted octanol–water partition coefficient (Wildman–Crippen LogP) is 3.64. The zero-order valence-corrected chi connectivity index (χ0v) is 14.0. The van der Waals surface area contributed by atoms with E-state index in [4.69, 9.17) is 4.74 Å². The Morgan fingerprint density at radius 1 is 1.32 bits per heavy atom. The first-order valence-corrected chi connectivity index (χ1v) is 8.40. The van der Waals surface area contributed by atoms with Crippen molar-refractivity contribution in [1.82, 2.24) is 0 Å². The quantitative estimate of drug-likeness (QED) is 0.624. The number of rotatable bonds is 3. The van der Waals surface area contributed by atoms with Crippen molar-refractivity contribution in [2.75, 3.05) is 18.7 Å². The number of methoxy groups -OCH3 is 1. The second-order valence-electron chi connectivity index (χ2n) is 5.86. The summed E-state index contributed by atoms with van der Waals surface area (Å²) in [7, 11) is 2.71. The Labute approximate surface area is 118 Å². The van der Waals surface area contributed by atoms with Gasteiger partial charge in [-0.05, 0) is 30.6 Å². The number of hydrogen-bond acceptors (Lipinski definition) is 3. The van der Waals surface area contributed by atoms with E-state index in [0.29, 0.717) is 5.56 Å². The van der Waals surface area contributed by atoms with Gasteiger partial charge in [-0.2, -0.15) is 0 Å². The Kier molecular flexibility index (Phi) is 4.79. The Morgan fingerprint density at radius 3 is 2.37 bits per heavy atom. The van der Waals surface area contributed by atoms with Gasteiger partial charge in [-0.25, -0.2) is 4.79 Å². The van der Waals surface area contributed by atoms with Crippen LogP contribution in [0.5, 0.6) is 0 Å². The zero-order chi connectivity index (χ0) is 14.8. The standard InChI is InChI=1S/C15H24NO2Si/c1-11-9-8-10-12(14(17)18-6)13(11)16(5)19(7)15(2,3)4/h8-10H,1-7H3. The van der Waals surface area contributed by atoms with Crippen molar-refractivity contribution in [3.05, 3.63) is 29.3 Å². The van der Waals surface area contributed by atoms with Crippen LogP contribution in [0.25, 0.3) is 0 Å². The first-order valence-electron chi connectivity index (χ1n) is 6.45. The van der Waals surface area contributed by atoms with E-state index >= 15 is 0 Å². The summed E-state index contributed by atoms with van der Waals surface area (Å²) in [4.78, 5) is 11.9. The lowest BCUT2D eigenvalue weighted by Crippen LogP contribution is -2.41. The van der Waals surface area contributed by atoms with Crippen LogP contribution >= 0.6 is 0 Å². The fourth-order valence-corrected chi connectivity index (χ4v) is 3.69. The molecule has 0 amide bonds. The van der Waals surface area contributed by atoms with E-state index in [0.717, 1.165) is 11.3 Å². The monoisotopic (exact) mass is 278 g/mol. The van der Waals surface area contributed by atoms with Crippen LogP contribution in [-0.2, 0) is 4.74 Å². The van der Waals surface area contributed by atoms with Crippen molar-refractivity contribution in [3.63, 3.8) is 0 Å². The van der Waals surface area contributed by atoms with Crippen LogP contribution < -0.4 is 4.57 Å². The van der Waals surface area contributed by atoms with Crippen LogP contribution in [0.3, 0.4) is 0 Å². The maximum atomic E-state index is 11.9. The molecule has 1 radical (unpaired) electrons. The number of nitrogens with zero attached hydrogens (tertiary/aromatic N) is 1. The molecule has 0 aromatic heterocycles. The van der Waals surface area contributed by atoms with Crippen molar-refractivity contribution >= 4 is 20.6 Å². The number of hydrogen-bond donors (Lipinski definition) is 0. The molecule has 4 heteroatoms. The molecule has 0 aliphatic carbocycles. The molecule has 0 heterocycles. The molecule has 0 spiro atoms. The molecular weight excluding hydrogens is 254 g/mol. The molecule has 1 aromatic rings. The maximum absolute atomic E-state index is 11.9. The smallest absolute Gasteiger partial charge is 0.339 e. The fourth-order valence-electron chi connectivity index (χ4n) is 2.05. The first-order chi connectivity index (χ1) is 8.70. The van der Waals surface area contributed by atoms with Crippen molar-refractivity contribution in [3.8, 4) is 0 Å². The number of benzene rings is 1. The van der Waals surface area contributed by atoms with E-state index in [1.54, 1.807) is 0 Å². The lowest BCUT2D eigenvalue weighted by molar-refractivity contribution is 0.0601. The maximum Gasteiger partial charge on any atom is 0.339 e. The van der Waals surface area contributed by atoms with Gasteiger partial charge in [-0.1, -0.05) is 39.5 Å². The molecule has 0 unspecified atom stereocenters. The van der Waals surface area contributed by atoms with Gasteiger partial charge in [0.05, 0.1) is 12.7 Å². The van der Waals surface area contributed by atoms with Gasteiger partial charge in [0.2, 0.25) is 0 Å². The summed E-state index contributed by atoms with van der Waals surface area (Å²) in [5, 5.41) is 0.231. The Balaban J connectivity index is 3.29. The Hall–Kier alpha value is -1.29. The van der Waals surface area contributed by atoms with Gasteiger partial charge in [0.1, 0.15) is 0 Å². The molecule has 3 nitrogen and oxygen atoms in total. The van der Waals surface area contributed by atoms with Crippen molar-refractivity contribution in [1.29, 1.82) is 0 Å². The third-order valence-corrected chi connectivity index (χ3v) is 6.97. The summed E-state index contributed by atoms with van der Waals surface area (Å²) >= 11 is 0. The zero-order valence-electron chi connectivity index (χ0n) is 13.0. The Bertz CT molecular complexity index is 466.